The Balaban J connectivity index is 3.01. The average molecular weight is 184 g/mol. The van der Waals surface area contributed by atoms with Crippen molar-refractivity contribution in [2.24, 2.45) is 0 Å². The molecule has 0 unspecified atom stereocenters. The van der Waals surface area contributed by atoms with Gasteiger partial charge in [-0.15, -0.1) is 0 Å². The number of hydrogen-bond acceptors (Lipinski definition) is 3. The van der Waals surface area contributed by atoms with Crippen LogP contribution in [0, 0.1) is 5.82 Å². The van der Waals surface area contributed by atoms with Gasteiger partial charge in [0.05, 0.1) is 7.11 Å². The number of methoxy groups -OCH3 is 1. The van der Waals surface area contributed by atoms with Gasteiger partial charge in [0.15, 0.2) is 11.5 Å². The van der Waals surface area contributed by atoms with Crippen LogP contribution in [0.1, 0.15) is 6.92 Å². The number of esters is 1. The number of carbonyl (C=O) groups is 1. The molecule has 0 fully saturated rings. The lowest BCUT2D eigenvalue weighted by Crippen LogP contribution is -2.03. The standard InChI is InChI=1S/C9H9FO3/c1-6(11)13-9-5-7(10)3-4-8(9)12-2/h3-5H,1-2H3. The summed E-state index contributed by atoms with van der Waals surface area (Å²) in [6.07, 6.45) is 0. The highest BCUT2D eigenvalue weighted by Gasteiger charge is 2.07. The van der Waals surface area contributed by atoms with Gasteiger partial charge < -0.3 is 9.47 Å². The van der Waals surface area contributed by atoms with Crippen LogP contribution in [0.4, 0.5) is 4.39 Å². The third-order valence-corrected chi connectivity index (χ3v) is 1.38. The topological polar surface area (TPSA) is 35.5 Å². The van der Waals surface area contributed by atoms with E-state index in [1.165, 1.54) is 26.2 Å². The first-order chi connectivity index (χ1) is 6.13. The lowest BCUT2D eigenvalue weighted by molar-refractivity contribution is -0.132. The SMILES string of the molecule is COc1ccc(F)cc1OC(C)=O. The van der Waals surface area contributed by atoms with E-state index in [1.54, 1.807) is 0 Å². The van der Waals surface area contributed by atoms with Crippen LogP contribution in [-0.4, -0.2) is 13.1 Å². The smallest absolute Gasteiger partial charge is 0.308 e. The molecule has 0 aliphatic heterocycles. The predicted molar refractivity (Wildman–Crippen MR) is 44.3 cm³/mol. The summed E-state index contributed by atoms with van der Waals surface area (Å²) in [5.74, 6) is -0.562. The van der Waals surface area contributed by atoms with Crippen molar-refractivity contribution in [3.05, 3.63) is 24.0 Å². The lowest BCUT2D eigenvalue weighted by Gasteiger charge is -2.06. The maximum atomic E-state index is 12.7. The highest BCUT2D eigenvalue weighted by molar-refractivity contribution is 5.70. The molecular formula is C9H9FO3. The summed E-state index contributed by atoms with van der Waals surface area (Å²) < 4.78 is 22.3. The molecule has 0 radical (unpaired) electrons. The molecule has 0 spiro atoms. The van der Waals surface area contributed by atoms with E-state index in [4.69, 9.17) is 9.47 Å². The minimum atomic E-state index is -0.510. The Kier molecular flexibility index (Phi) is 2.84. The molecule has 1 aromatic carbocycles. The number of rotatable bonds is 2. The fraction of sp³-hybridized carbons (Fsp3) is 0.222. The third-order valence-electron chi connectivity index (χ3n) is 1.38. The summed E-state index contributed by atoms with van der Waals surface area (Å²) >= 11 is 0. The monoisotopic (exact) mass is 184 g/mol. The molecule has 0 aliphatic rings. The largest absolute Gasteiger partial charge is 0.493 e. The molecule has 1 aromatic rings. The first-order valence-electron chi connectivity index (χ1n) is 3.65. The predicted octanol–water partition coefficient (Wildman–Crippen LogP) is 1.76. The Hall–Kier alpha value is -1.58. The lowest BCUT2D eigenvalue weighted by atomic mass is 10.3. The van der Waals surface area contributed by atoms with E-state index in [1.807, 2.05) is 0 Å². The number of ether oxygens (including phenoxy) is 2. The summed E-state index contributed by atoms with van der Waals surface area (Å²) in [5.41, 5.74) is 0. The minimum Gasteiger partial charge on any atom is -0.493 e. The van der Waals surface area contributed by atoms with Gasteiger partial charge in [-0.1, -0.05) is 0 Å². The molecule has 0 aromatic heterocycles. The molecule has 4 heteroatoms. The van der Waals surface area contributed by atoms with Crippen molar-refractivity contribution in [2.45, 2.75) is 6.92 Å². The van der Waals surface area contributed by atoms with Crippen LogP contribution < -0.4 is 9.47 Å². The molecule has 0 aliphatic carbocycles. The van der Waals surface area contributed by atoms with E-state index < -0.39 is 11.8 Å². The number of benzene rings is 1. The quantitative estimate of drug-likeness (QED) is 0.519. The molecule has 0 heterocycles. The fourth-order valence-electron chi connectivity index (χ4n) is 0.885. The van der Waals surface area contributed by atoms with Crippen LogP contribution in [0.5, 0.6) is 11.5 Å². The Morgan fingerprint density at radius 1 is 1.38 bits per heavy atom. The highest BCUT2D eigenvalue weighted by atomic mass is 19.1. The maximum Gasteiger partial charge on any atom is 0.308 e. The first-order valence-corrected chi connectivity index (χ1v) is 3.65. The summed E-state index contributed by atoms with van der Waals surface area (Å²) in [6.45, 7) is 1.24. The molecule has 13 heavy (non-hydrogen) atoms. The van der Waals surface area contributed by atoms with Crippen LogP contribution in [0.25, 0.3) is 0 Å². The normalized spacial score (nSPS) is 9.46. The van der Waals surface area contributed by atoms with Crippen molar-refractivity contribution >= 4 is 5.97 Å². The molecule has 70 valence electrons. The molecule has 0 saturated carbocycles. The Labute approximate surface area is 75.1 Å². The number of halogens is 1. The van der Waals surface area contributed by atoms with Crippen molar-refractivity contribution in [1.82, 2.24) is 0 Å². The fourth-order valence-corrected chi connectivity index (χ4v) is 0.885. The van der Waals surface area contributed by atoms with Gasteiger partial charge in [0.2, 0.25) is 0 Å². The molecule has 0 saturated heterocycles. The summed E-state index contributed by atoms with van der Waals surface area (Å²) in [4.78, 5) is 10.6. The minimum absolute atomic E-state index is 0.0926. The molecule has 0 atom stereocenters. The van der Waals surface area contributed by atoms with Crippen LogP contribution >= 0.6 is 0 Å². The van der Waals surface area contributed by atoms with Crippen molar-refractivity contribution in [3.63, 3.8) is 0 Å². The molecule has 0 amide bonds. The summed E-state index contributed by atoms with van der Waals surface area (Å²) in [7, 11) is 1.42. The van der Waals surface area contributed by atoms with Crippen LogP contribution in [-0.2, 0) is 4.79 Å². The second-order valence-corrected chi connectivity index (χ2v) is 2.39. The zero-order chi connectivity index (χ0) is 9.84. The maximum absolute atomic E-state index is 12.7. The zero-order valence-electron chi connectivity index (χ0n) is 7.33. The van der Waals surface area contributed by atoms with Gasteiger partial charge in [0, 0.05) is 13.0 Å². The van der Waals surface area contributed by atoms with Gasteiger partial charge >= 0.3 is 5.97 Å². The zero-order valence-corrected chi connectivity index (χ0v) is 7.33. The van der Waals surface area contributed by atoms with E-state index in [0.717, 1.165) is 6.07 Å². The molecule has 3 nitrogen and oxygen atoms in total. The van der Waals surface area contributed by atoms with Crippen molar-refractivity contribution in [2.75, 3.05) is 7.11 Å². The van der Waals surface area contributed by atoms with Crippen molar-refractivity contribution < 1.29 is 18.7 Å². The molecular weight excluding hydrogens is 175 g/mol. The van der Waals surface area contributed by atoms with Gasteiger partial charge in [-0.25, -0.2) is 4.39 Å². The van der Waals surface area contributed by atoms with Crippen molar-refractivity contribution in [1.29, 1.82) is 0 Å². The Morgan fingerprint density at radius 2 is 2.08 bits per heavy atom. The summed E-state index contributed by atoms with van der Waals surface area (Å²) in [6, 6.07) is 3.72. The second kappa shape index (κ2) is 3.89. The highest BCUT2D eigenvalue weighted by Crippen LogP contribution is 2.27. The Bertz CT molecular complexity index is 323. The van der Waals surface area contributed by atoms with Gasteiger partial charge in [-0.2, -0.15) is 0 Å². The number of hydrogen-bond donors (Lipinski definition) is 0. The Morgan fingerprint density at radius 3 is 2.62 bits per heavy atom. The molecule has 1 rings (SSSR count). The van der Waals surface area contributed by atoms with E-state index in [-0.39, 0.29) is 5.75 Å². The van der Waals surface area contributed by atoms with Gasteiger partial charge in [-0.3, -0.25) is 4.79 Å². The summed E-state index contributed by atoms with van der Waals surface area (Å²) in [5, 5.41) is 0. The van der Waals surface area contributed by atoms with Crippen LogP contribution in [0.3, 0.4) is 0 Å². The first kappa shape index (κ1) is 9.51. The van der Waals surface area contributed by atoms with Crippen LogP contribution in [0.15, 0.2) is 18.2 Å². The van der Waals surface area contributed by atoms with Gasteiger partial charge in [0.1, 0.15) is 5.82 Å². The third kappa shape index (κ3) is 2.43. The van der Waals surface area contributed by atoms with E-state index in [9.17, 15) is 9.18 Å². The second-order valence-electron chi connectivity index (χ2n) is 2.39. The van der Waals surface area contributed by atoms with Gasteiger partial charge in [-0.05, 0) is 12.1 Å². The average Bonchev–Trinajstić information content (AvgIpc) is 2.03. The van der Waals surface area contributed by atoms with Crippen LogP contribution in [0.2, 0.25) is 0 Å². The van der Waals surface area contributed by atoms with Crippen molar-refractivity contribution in [3.8, 4) is 11.5 Å². The van der Waals surface area contributed by atoms with E-state index in [0.29, 0.717) is 5.75 Å². The van der Waals surface area contributed by atoms with E-state index in [2.05, 4.69) is 0 Å². The van der Waals surface area contributed by atoms with Gasteiger partial charge in [0.25, 0.3) is 0 Å². The van der Waals surface area contributed by atoms with E-state index >= 15 is 0 Å². The molecule has 0 bridgehead atoms. The molecule has 0 N–H and O–H groups in total. The number of carbonyl (C=O) groups excluding carboxylic acids is 1.